The summed E-state index contributed by atoms with van der Waals surface area (Å²) in [6.07, 6.45) is 0.464. The number of benzene rings is 2. The van der Waals surface area contributed by atoms with E-state index in [1.165, 1.54) is 24.3 Å². The second-order valence-corrected chi connectivity index (χ2v) is 6.82. The average molecular weight is 344 g/mol. The largest absolute Gasteiger partial charge is 0.368 e. The van der Waals surface area contributed by atoms with Gasteiger partial charge in [-0.15, -0.1) is 0 Å². The van der Waals surface area contributed by atoms with Crippen molar-refractivity contribution in [2.24, 2.45) is 0 Å². The van der Waals surface area contributed by atoms with E-state index in [1.807, 2.05) is 24.3 Å². The van der Waals surface area contributed by atoms with Gasteiger partial charge in [0.05, 0.1) is 18.2 Å². The van der Waals surface area contributed by atoms with Gasteiger partial charge in [-0.3, -0.25) is 4.90 Å². The van der Waals surface area contributed by atoms with Crippen LogP contribution in [0.25, 0.3) is 0 Å². The highest BCUT2D eigenvalue weighted by Gasteiger charge is 2.46. The van der Waals surface area contributed by atoms with Crippen LogP contribution in [0, 0.1) is 11.6 Å². The van der Waals surface area contributed by atoms with Crippen molar-refractivity contribution in [3.63, 3.8) is 0 Å². The monoisotopic (exact) mass is 344 g/mol. The molecule has 0 radical (unpaired) electrons. The fraction of sp³-hybridized carbons (Fsp3) is 0.400. The van der Waals surface area contributed by atoms with Crippen LogP contribution in [-0.2, 0) is 4.74 Å². The molecule has 0 aromatic heterocycles. The van der Waals surface area contributed by atoms with E-state index in [0.29, 0.717) is 0 Å². The SMILES string of the molecule is CC1OC1C1CNCCN1C(c1ccc(F)cc1)c1ccc(F)cc1. The number of piperazine rings is 1. The van der Waals surface area contributed by atoms with Crippen LogP contribution in [0.1, 0.15) is 24.1 Å². The lowest BCUT2D eigenvalue weighted by molar-refractivity contribution is 0.101. The maximum Gasteiger partial charge on any atom is 0.123 e. The maximum absolute atomic E-state index is 13.4. The number of hydrogen-bond acceptors (Lipinski definition) is 3. The molecule has 2 saturated heterocycles. The molecule has 4 rings (SSSR count). The van der Waals surface area contributed by atoms with Gasteiger partial charge in [0, 0.05) is 19.6 Å². The van der Waals surface area contributed by atoms with E-state index < -0.39 is 0 Å². The Bertz CT molecular complexity index is 674. The highest BCUT2D eigenvalue weighted by atomic mass is 19.1. The highest BCUT2D eigenvalue weighted by molar-refractivity contribution is 5.33. The third-order valence-corrected chi connectivity index (χ3v) is 5.17. The number of nitrogens with zero attached hydrogens (tertiary/aromatic N) is 1. The second kappa shape index (κ2) is 6.83. The van der Waals surface area contributed by atoms with Crippen LogP contribution < -0.4 is 5.32 Å². The Hall–Kier alpha value is -1.82. The minimum Gasteiger partial charge on any atom is -0.368 e. The average Bonchev–Trinajstić information content (AvgIpc) is 3.35. The van der Waals surface area contributed by atoms with Crippen molar-refractivity contribution in [2.75, 3.05) is 19.6 Å². The Kier molecular flexibility index (Phi) is 4.54. The van der Waals surface area contributed by atoms with Crippen molar-refractivity contribution in [3.05, 3.63) is 71.3 Å². The zero-order chi connectivity index (χ0) is 17.4. The third kappa shape index (κ3) is 3.45. The standard InChI is InChI=1S/C20H22F2N2O/c1-13-20(25-13)18-12-23-10-11-24(18)19(14-2-6-16(21)7-3-14)15-4-8-17(22)9-5-15/h2-9,13,18-20,23H,10-12H2,1H3. The molecule has 3 atom stereocenters. The summed E-state index contributed by atoms with van der Waals surface area (Å²) in [4.78, 5) is 2.41. The molecule has 1 N–H and O–H groups in total. The normalized spacial score (nSPS) is 26.8. The number of rotatable bonds is 4. The lowest BCUT2D eigenvalue weighted by Crippen LogP contribution is -2.55. The molecule has 2 aromatic rings. The lowest BCUT2D eigenvalue weighted by atomic mass is 9.93. The van der Waals surface area contributed by atoms with Gasteiger partial charge in [-0.2, -0.15) is 0 Å². The predicted molar refractivity (Wildman–Crippen MR) is 92.3 cm³/mol. The Morgan fingerprint density at radius 2 is 1.52 bits per heavy atom. The first kappa shape index (κ1) is 16.6. The van der Waals surface area contributed by atoms with E-state index in [-0.39, 0.29) is 35.9 Å². The summed E-state index contributed by atoms with van der Waals surface area (Å²) in [5, 5.41) is 3.44. The number of ether oxygens (including phenoxy) is 1. The Morgan fingerprint density at radius 3 is 2.00 bits per heavy atom. The number of epoxide rings is 1. The van der Waals surface area contributed by atoms with Crippen molar-refractivity contribution in [3.8, 4) is 0 Å². The zero-order valence-corrected chi connectivity index (χ0v) is 14.2. The Balaban J connectivity index is 1.73. The molecule has 0 saturated carbocycles. The first-order valence-corrected chi connectivity index (χ1v) is 8.76. The Morgan fingerprint density at radius 1 is 1.00 bits per heavy atom. The van der Waals surface area contributed by atoms with E-state index in [4.69, 9.17) is 4.74 Å². The van der Waals surface area contributed by atoms with Gasteiger partial charge in [0.2, 0.25) is 0 Å². The van der Waals surface area contributed by atoms with E-state index in [2.05, 4.69) is 17.1 Å². The molecule has 3 nitrogen and oxygen atoms in total. The molecule has 25 heavy (non-hydrogen) atoms. The molecule has 2 fully saturated rings. The molecule has 5 heteroatoms. The predicted octanol–water partition coefficient (Wildman–Crippen LogP) is 3.12. The van der Waals surface area contributed by atoms with Crippen molar-refractivity contribution in [1.82, 2.24) is 10.2 Å². The lowest BCUT2D eigenvalue weighted by Gasteiger charge is -2.41. The summed E-state index contributed by atoms with van der Waals surface area (Å²) in [6, 6.07) is 13.4. The first-order valence-electron chi connectivity index (χ1n) is 8.76. The number of nitrogens with one attached hydrogen (secondary N) is 1. The molecule has 132 valence electrons. The minimum atomic E-state index is -0.252. The second-order valence-electron chi connectivity index (χ2n) is 6.82. The van der Waals surface area contributed by atoms with Gasteiger partial charge < -0.3 is 10.1 Å². The third-order valence-electron chi connectivity index (χ3n) is 5.17. The van der Waals surface area contributed by atoms with E-state index in [1.54, 1.807) is 0 Å². The van der Waals surface area contributed by atoms with Gasteiger partial charge in [0.1, 0.15) is 17.7 Å². The fourth-order valence-corrected chi connectivity index (χ4v) is 3.84. The van der Waals surface area contributed by atoms with Gasteiger partial charge in [-0.25, -0.2) is 8.78 Å². The van der Waals surface area contributed by atoms with E-state index in [9.17, 15) is 8.78 Å². The van der Waals surface area contributed by atoms with Crippen LogP contribution in [0.3, 0.4) is 0 Å². The maximum atomic E-state index is 13.4. The topological polar surface area (TPSA) is 27.8 Å². The summed E-state index contributed by atoms with van der Waals surface area (Å²) in [5.41, 5.74) is 2.02. The van der Waals surface area contributed by atoms with E-state index in [0.717, 1.165) is 30.8 Å². The zero-order valence-electron chi connectivity index (χ0n) is 14.2. The molecule has 0 bridgehead atoms. The number of hydrogen-bond donors (Lipinski definition) is 1. The summed E-state index contributed by atoms with van der Waals surface area (Å²) < 4.78 is 32.6. The summed E-state index contributed by atoms with van der Waals surface area (Å²) >= 11 is 0. The van der Waals surface area contributed by atoms with Crippen molar-refractivity contribution < 1.29 is 13.5 Å². The van der Waals surface area contributed by atoms with Crippen LogP contribution in [0.5, 0.6) is 0 Å². The molecule has 2 aliphatic rings. The van der Waals surface area contributed by atoms with Crippen LogP contribution in [-0.4, -0.2) is 42.8 Å². The van der Waals surface area contributed by atoms with Gasteiger partial charge in [-0.1, -0.05) is 24.3 Å². The molecule has 2 heterocycles. The van der Waals surface area contributed by atoms with Crippen LogP contribution in [0.4, 0.5) is 8.78 Å². The molecular weight excluding hydrogens is 322 g/mol. The summed E-state index contributed by atoms with van der Waals surface area (Å²) in [5.74, 6) is -0.504. The number of halogens is 2. The Labute approximate surface area is 146 Å². The van der Waals surface area contributed by atoms with Crippen molar-refractivity contribution in [1.29, 1.82) is 0 Å². The molecule has 0 aliphatic carbocycles. The molecule has 3 unspecified atom stereocenters. The molecule has 0 spiro atoms. The summed E-state index contributed by atoms with van der Waals surface area (Å²) in [6.45, 7) is 4.68. The molecule has 2 aliphatic heterocycles. The first-order chi connectivity index (χ1) is 12.1. The quantitative estimate of drug-likeness (QED) is 0.864. The smallest absolute Gasteiger partial charge is 0.123 e. The fourth-order valence-electron chi connectivity index (χ4n) is 3.84. The van der Waals surface area contributed by atoms with Crippen LogP contribution >= 0.6 is 0 Å². The van der Waals surface area contributed by atoms with Gasteiger partial charge in [0.15, 0.2) is 0 Å². The van der Waals surface area contributed by atoms with Crippen LogP contribution in [0.2, 0.25) is 0 Å². The van der Waals surface area contributed by atoms with Gasteiger partial charge >= 0.3 is 0 Å². The van der Waals surface area contributed by atoms with Gasteiger partial charge in [0.25, 0.3) is 0 Å². The highest BCUT2D eigenvalue weighted by Crippen LogP contribution is 2.36. The van der Waals surface area contributed by atoms with Gasteiger partial charge in [-0.05, 0) is 42.3 Å². The van der Waals surface area contributed by atoms with Crippen LogP contribution in [0.15, 0.2) is 48.5 Å². The molecule has 0 amide bonds. The summed E-state index contributed by atoms with van der Waals surface area (Å²) in [7, 11) is 0. The van der Waals surface area contributed by atoms with Crippen molar-refractivity contribution >= 4 is 0 Å². The van der Waals surface area contributed by atoms with E-state index >= 15 is 0 Å². The molecular formula is C20H22F2N2O. The van der Waals surface area contributed by atoms with Crippen molar-refractivity contribution in [2.45, 2.75) is 31.2 Å². The molecule has 2 aromatic carbocycles. The minimum absolute atomic E-state index is 0.0512.